The van der Waals surface area contributed by atoms with Crippen molar-refractivity contribution in [3.05, 3.63) is 29.8 Å². The topological polar surface area (TPSA) is 67.9 Å². The lowest BCUT2D eigenvalue weighted by Crippen LogP contribution is -2.48. The Labute approximate surface area is 155 Å². The molecule has 0 radical (unpaired) electrons. The van der Waals surface area contributed by atoms with E-state index in [2.05, 4.69) is 5.32 Å². The Morgan fingerprint density at radius 1 is 1.15 bits per heavy atom. The molecule has 2 rings (SSSR count). The molecule has 2 amide bonds. The number of nitrogens with zero attached hydrogens (tertiary/aromatic N) is 1. The predicted octanol–water partition coefficient (Wildman–Crippen LogP) is 3.14. The number of hydrogen-bond acceptors (Lipinski definition) is 4. The van der Waals surface area contributed by atoms with Gasteiger partial charge in [0.25, 0.3) is 0 Å². The molecule has 0 aromatic heterocycles. The molecule has 1 aliphatic rings. The highest BCUT2D eigenvalue weighted by Crippen LogP contribution is 2.16. The standard InChI is InChI=1S/C20H30N2O4/c1-5-25-17-8-6-15(7-9-17)14-18(23)21-16-10-12-22(13-11-16)19(24)26-20(2,3)4/h6-9,16H,5,10-14H2,1-4H3,(H,21,23). The van der Waals surface area contributed by atoms with Crippen LogP contribution in [0.25, 0.3) is 0 Å². The summed E-state index contributed by atoms with van der Waals surface area (Å²) in [6.07, 6.45) is 1.55. The third-order valence-corrected chi connectivity index (χ3v) is 4.11. The minimum absolute atomic E-state index is 0.00452. The Balaban J connectivity index is 1.74. The number of rotatable bonds is 5. The first-order valence-electron chi connectivity index (χ1n) is 9.26. The molecule has 0 spiro atoms. The second-order valence-corrected chi connectivity index (χ2v) is 7.56. The molecule has 1 fully saturated rings. The second kappa shape index (κ2) is 8.92. The van der Waals surface area contributed by atoms with E-state index >= 15 is 0 Å². The summed E-state index contributed by atoms with van der Waals surface area (Å²) in [6, 6.07) is 7.69. The van der Waals surface area contributed by atoms with Crippen molar-refractivity contribution >= 4 is 12.0 Å². The van der Waals surface area contributed by atoms with Gasteiger partial charge in [-0.2, -0.15) is 0 Å². The van der Waals surface area contributed by atoms with E-state index in [4.69, 9.17) is 9.47 Å². The van der Waals surface area contributed by atoms with Crippen molar-refractivity contribution in [2.45, 2.75) is 58.6 Å². The molecule has 0 unspecified atom stereocenters. The smallest absolute Gasteiger partial charge is 0.410 e. The van der Waals surface area contributed by atoms with Gasteiger partial charge in [-0.1, -0.05) is 12.1 Å². The largest absolute Gasteiger partial charge is 0.494 e. The van der Waals surface area contributed by atoms with Crippen molar-refractivity contribution in [3.8, 4) is 5.75 Å². The van der Waals surface area contributed by atoms with Gasteiger partial charge in [0.05, 0.1) is 13.0 Å². The zero-order valence-electron chi connectivity index (χ0n) is 16.2. The van der Waals surface area contributed by atoms with Crippen LogP contribution in [0.15, 0.2) is 24.3 Å². The van der Waals surface area contributed by atoms with Gasteiger partial charge >= 0.3 is 6.09 Å². The number of nitrogens with one attached hydrogen (secondary N) is 1. The number of ether oxygens (including phenoxy) is 2. The molecule has 1 aliphatic heterocycles. The molecule has 0 atom stereocenters. The first-order valence-corrected chi connectivity index (χ1v) is 9.26. The predicted molar refractivity (Wildman–Crippen MR) is 100 cm³/mol. The number of piperidine rings is 1. The fourth-order valence-electron chi connectivity index (χ4n) is 2.87. The lowest BCUT2D eigenvalue weighted by atomic mass is 10.0. The molecule has 0 saturated carbocycles. The summed E-state index contributed by atoms with van der Waals surface area (Å²) in [5, 5.41) is 3.07. The van der Waals surface area contributed by atoms with Gasteiger partial charge < -0.3 is 19.7 Å². The van der Waals surface area contributed by atoms with Crippen molar-refractivity contribution in [1.29, 1.82) is 0 Å². The number of hydrogen-bond donors (Lipinski definition) is 1. The van der Waals surface area contributed by atoms with Crippen LogP contribution in [0.4, 0.5) is 4.79 Å². The zero-order valence-corrected chi connectivity index (χ0v) is 16.2. The van der Waals surface area contributed by atoms with Gasteiger partial charge in [-0.25, -0.2) is 4.79 Å². The fourth-order valence-corrected chi connectivity index (χ4v) is 2.87. The Hall–Kier alpha value is -2.24. The molecular weight excluding hydrogens is 332 g/mol. The highest BCUT2D eigenvalue weighted by Gasteiger charge is 2.27. The molecule has 6 nitrogen and oxygen atoms in total. The SMILES string of the molecule is CCOc1ccc(CC(=O)NC2CCN(C(=O)OC(C)(C)C)CC2)cc1. The highest BCUT2D eigenvalue weighted by atomic mass is 16.6. The minimum Gasteiger partial charge on any atom is -0.494 e. The van der Waals surface area contributed by atoms with Gasteiger partial charge in [-0.05, 0) is 58.2 Å². The first kappa shape index (κ1) is 20.1. The quantitative estimate of drug-likeness (QED) is 0.874. The molecule has 26 heavy (non-hydrogen) atoms. The van der Waals surface area contributed by atoms with Crippen molar-refractivity contribution in [2.24, 2.45) is 0 Å². The summed E-state index contributed by atoms with van der Waals surface area (Å²) in [6.45, 7) is 9.35. The lowest BCUT2D eigenvalue weighted by molar-refractivity contribution is -0.121. The third kappa shape index (κ3) is 6.58. The van der Waals surface area contributed by atoms with Crippen LogP contribution < -0.4 is 10.1 Å². The van der Waals surface area contributed by atoms with Crippen LogP contribution in [0.3, 0.4) is 0 Å². The van der Waals surface area contributed by atoms with Crippen molar-refractivity contribution in [1.82, 2.24) is 10.2 Å². The molecule has 1 aromatic rings. The molecular formula is C20H30N2O4. The van der Waals surface area contributed by atoms with Gasteiger partial charge in [0.15, 0.2) is 0 Å². The van der Waals surface area contributed by atoms with Gasteiger partial charge in [-0.15, -0.1) is 0 Å². The van der Waals surface area contributed by atoms with Crippen molar-refractivity contribution in [2.75, 3.05) is 19.7 Å². The second-order valence-electron chi connectivity index (χ2n) is 7.56. The van der Waals surface area contributed by atoms with E-state index in [1.165, 1.54) is 0 Å². The number of benzene rings is 1. The average Bonchev–Trinajstić information content (AvgIpc) is 2.56. The Morgan fingerprint density at radius 3 is 2.31 bits per heavy atom. The first-order chi connectivity index (χ1) is 12.3. The number of likely N-dealkylation sites (tertiary alicyclic amines) is 1. The maximum absolute atomic E-state index is 12.2. The van der Waals surface area contributed by atoms with Crippen LogP contribution in [0.1, 0.15) is 46.1 Å². The molecule has 6 heteroatoms. The molecule has 1 aromatic carbocycles. The molecule has 0 bridgehead atoms. The van der Waals surface area contributed by atoms with Gasteiger partial charge in [0, 0.05) is 19.1 Å². The lowest BCUT2D eigenvalue weighted by Gasteiger charge is -2.33. The maximum Gasteiger partial charge on any atom is 0.410 e. The van der Waals surface area contributed by atoms with Crippen LogP contribution in [-0.2, 0) is 16.0 Å². The summed E-state index contributed by atoms with van der Waals surface area (Å²) in [4.78, 5) is 26.0. The maximum atomic E-state index is 12.2. The van der Waals surface area contributed by atoms with E-state index in [0.717, 1.165) is 24.2 Å². The molecule has 1 N–H and O–H groups in total. The van der Waals surface area contributed by atoms with Crippen LogP contribution in [-0.4, -0.2) is 48.2 Å². The summed E-state index contributed by atoms with van der Waals surface area (Å²) >= 11 is 0. The average molecular weight is 362 g/mol. The normalized spacial score (nSPS) is 15.5. The van der Waals surface area contributed by atoms with Crippen molar-refractivity contribution < 1.29 is 19.1 Å². The van der Waals surface area contributed by atoms with Crippen LogP contribution in [0, 0.1) is 0 Å². The van der Waals surface area contributed by atoms with E-state index in [0.29, 0.717) is 26.1 Å². The number of carbonyl (C=O) groups is 2. The highest BCUT2D eigenvalue weighted by molar-refractivity contribution is 5.79. The van der Waals surface area contributed by atoms with E-state index in [1.54, 1.807) is 4.90 Å². The van der Waals surface area contributed by atoms with E-state index in [-0.39, 0.29) is 18.0 Å². The third-order valence-electron chi connectivity index (χ3n) is 4.11. The Bertz CT molecular complexity index is 599. The van der Waals surface area contributed by atoms with E-state index in [1.807, 2.05) is 52.0 Å². The van der Waals surface area contributed by atoms with E-state index in [9.17, 15) is 9.59 Å². The Morgan fingerprint density at radius 2 is 1.77 bits per heavy atom. The zero-order chi connectivity index (χ0) is 19.2. The van der Waals surface area contributed by atoms with Gasteiger partial charge in [0.1, 0.15) is 11.4 Å². The number of carbonyl (C=O) groups excluding carboxylic acids is 2. The van der Waals surface area contributed by atoms with Gasteiger partial charge in [0.2, 0.25) is 5.91 Å². The fraction of sp³-hybridized carbons (Fsp3) is 0.600. The van der Waals surface area contributed by atoms with Gasteiger partial charge in [-0.3, -0.25) is 4.79 Å². The molecule has 0 aliphatic carbocycles. The van der Waals surface area contributed by atoms with Crippen LogP contribution in [0.5, 0.6) is 5.75 Å². The van der Waals surface area contributed by atoms with Crippen LogP contribution >= 0.6 is 0 Å². The van der Waals surface area contributed by atoms with Crippen LogP contribution in [0.2, 0.25) is 0 Å². The summed E-state index contributed by atoms with van der Waals surface area (Å²) in [5.41, 5.74) is 0.469. The van der Waals surface area contributed by atoms with E-state index < -0.39 is 5.60 Å². The van der Waals surface area contributed by atoms with Crippen molar-refractivity contribution in [3.63, 3.8) is 0 Å². The monoisotopic (exact) mass is 362 g/mol. The number of amides is 2. The summed E-state index contributed by atoms with van der Waals surface area (Å²) < 4.78 is 10.8. The minimum atomic E-state index is -0.486. The summed E-state index contributed by atoms with van der Waals surface area (Å²) in [5.74, 6) is 0.816. The summed E-state index contributed by atoms with van der Waals surface area (Å²) in [7, 11) is 0. The molecule has 1 saturated heterocycles. The molecule has 1 heterocycles. The molecule has 144 valence electrons. The Kier molecular flexibility index (Phi) is 6.89.